The van der Waals surface area contributed by atoms with Gasteiger partial charge in [0.05, 0.1) is 23.9 Å². The van der Waals surface area contributed by atoms with Crippen molar-refractivity contribution in [2.45, 2.75) is 19.3 Å². The molecule has 1 atom stereocenters. The van der Waals surface area contributed by atoms with Gasteiger partial charge in [0, 0.05) is 19.2 Å². The van der Waals surface area contributed by atoms with Gasteiger partial charge in [0.1, 0.15) is 17.6 Å². The molecule has 176 valence electrons. The summed E-state index contributed by atoms with van der Waals surface area (Å²) in [5, 5.41) is 15.9. The van der Waals surface area contributed by atoms with E-state index in [4.69, 9.17) is 15.0 Å². The molecule has 1 unspecified atom stereocenters. The maximum absolute atomic E-state index is 14.5. The minimum absolute atomic E-state index is 0.0566. The van der Waals surface area contributed by atoms with Crippen LogP contribution in [-0.2, 0) is 7.05 Å². The monoisotopic (exact) mass is 461 g/mol. The van der Waals surface area contributed by atoms with Gasteiger partial charge in [-0.05, 0) is 68.1 Å². The topological polar surface area (TPSA) is 92.0 Å². The molecular formula is C26H28FN5O2. The zero-order valence-electron chi connectivity index (χ0n) is 19.4. The predicted molar refractivity (Wildman–Crippen MR) is 130 cm³/mol. The number of nitriles is 1. The Hall–Kier alpha value is -3.70. The van der Waals surface area contributed by atoms with Crippen LogP contribution in [0.3, 0.4) is 0 Å². The molecule has 0 aliphatic carbocycles. The van der Waals surface area contributed by atoms with Gasteiger partial charge in [0.15, 0.2) is 0 Å². The van der Waals surface area contributed by atoms with Crippen molar-refractivity contribution in [1.82, 2.24) is 14.9 Å². The third-order valence-electron chi connectivity index (χ3n) is 6.28. The Morgan fingerprint density at radius 2 is 1.97 bits per heavy atom. The lowest BCUT2D eigenvalue weighted by Crippen LogP contribution is -2.27. The molecule has 1 saturated heterocycles. The smallest absolute Gasteiger partial charge is 0.263 e. The quantitative estimate of drug-likeness (QED) is 0.578. The number of ether oxygens (including phenoxy) is 1. The summed E-state index contributed by atoms with van der Waals surface area (Å²) in [4.78, 5) is 18.3. The zero-order valence-corrected chi connectivity index (χ0v) is 19.4. The van der Waals surface area contributed by atoms with E-state index in [9.17, 15) is 9.18 Å². The molecule has 34 heavy (non-hydrogen) atoms. The Morgan fingerprint density at radius 3 is 2.68 bits per heavy atom. The molecule has 4 rings (SSSR count). The Morgan fingerprint density at radius 1 is 1.21 bits per heavy atom. The highest BCUT2D eigenvalue weighted by molar-refractivity contribution is 5.81. The third-order valence-corrected chi connectivity index (χ3v) is 6.28. The summed E-state index contributed by atoms with van der Waals surface area (Å²) in [6.45, 7) is 2.70. The first-order chi connectivity index (χ1) is 16.5. The molecule has 1 aliphatic heterocycles. The number of nitrogens with zero attached hydrogens (tertiary/aromatic N) is 3. The van der Waals surface area contributed by atoms with Crippen LogP contribution in [0.2, 0.25) is 0 Å². The number of nitrogens with one attached hydrogen (secondary N) is 2. The molecule has 1 aromatic heterocycles. The van der Waals surface area contributed by atoms with E-state index in [1.807, 2.05) is 6.07 Å². The summed E-state index contributed by atoms with van der Waals surface area (Å²) in [5.41, 5.74) is 1.50. The molecule has 1 fully saturated rings. The van der Waals surface area contributed by atoms with Gasteiger partial charge in [0.25, 0.3) is 5.56 Å². The van der Waals surface area contributed by atoms with E-state index >= 15 is 0 Å². The first-order valence-electron chi connectivity index (χ1n) is 11.4. The molecule has 2 heterocycles. The first kappa shape index (κ1) is 23.5. The van der Waals surface area contributed by atoms with Crippen molar-refractivity contribution in [2.24, 2.45) is 13.0 Å². The molecule has 2 N–H and O–H groups in total. The molecule has 0 saturated carbocycles. The van der Waals surface area contributed by atoms with Crippen LogP contribution in [0, 0.1) is 23.1 Å². The van der Waals surface area contributed by atoms with E-state index in [1.54, 1.807) is 44.5 Å². The van der Waals surface area contributed by atoms with Crippen LogP contribution in [0.1, 0.15) is 24.8 Å². The van der Waals surface area contributed by atoms with Crippen molar-refractivity contribution < 1.29 is 9.13 Å². The minimum atomic E-state index is -0.649. The normalized spacial score (nSPS) is 15.9. The van der Waals surface area contributed by atoms with Crippen LogP contribution in [-0.4, -0.2) is 36.3 Å². The Labute approximate surface area is 198 Å². The van der Waals surface area contributed by atoms with Crippen molar-refractivity contribution >= 4 is 5.95 Å². The fourth-order valence-electron chi connectivity index (χ4n) is 4.27. The number of methoxy groups -OCH3 is 1. The highest BCUT2D eigenvalue weighted by Gasteiger charge is 2.20. The second-order valence-corrected chi connectivity index (χ2v) is 8.49. The number of aromatic nitrogens is 2. The lowest BCUT2D eigenvalue weighted by molar-refractivity contribution is 0.415. The standard InChI is InChI=1S/C26H28FN5O2/c1-32-25(33)23(18-7-9-21(34-2)10-8-18)24(19-5-6-20(15-28)22(27)14-19)31-26(32)30-16-17-4-3-12-29-13-11-17/h5-10,14,17,29H,3-4,11-13,16H2,1-2H3,(H,30,31). The number of benzene rings is 2. The second kappa shape index (κ2) is 10.5. The average molecular weight is 462 g/mol. The molecule has 0 amide bonds. The molecule has 2 aromatic carbocycles. The van der Waals surface area contributed by atoms with Crippen LogP contribution in [0.25, 0.3) is 22.4 Å². The van der Waals surface area contributed by atoms with Gasteiger partial charge in [-0.2, -0.15) is 5.26 Å². The van der Waals surface area contributed by atoms with E-state index in [0.29, 0.717) is 46.5 Å². The van der Waals surface area contributed by atoms with Gasteiger partial charge in [-0.25, -0.2) is 9.37 Å². The molecule has 3 aromatic rings. The lowest BCUT2D eigenvalue weighted by atomic mass is 9.99. The molecule has 7 nitrogen and oxygen atoms in total. The van der Waals surface area contributed by atoms with E-state index in [1.165, 1.54) is 16.7 Å². The van der Waals surface area contributed by atoms with Crippen molar-refractivity contribution in [3.63, 3.8) is 0 Å². The molecular weight excluding hydrogens is 433 g/mol. The van der Waals surface area contributed by atoms with Crippen molar-refractivity contribution in [1.29, 1.82) is 5.26 Å². The summed E-state index contributed by atoms with van der Waals surface area (Å²) in [6, 6.07) is 13.2. The number of halogens is 1. The minimum Gasteiger partial charge on any atom is -0.497 e. The van der Waals surface area contributed by atoms with Crippen LogP contribution < -0.4 is 20.9 Å². The fraction of sp³-hybridized carbons (Fsp3) is 0.346. The highest BCUT2D eigenvalue weighted by atomic mass is 19.1. The van der Waals surface area contributed by atoms with E-state index in [-0.39, 0.29) is 11.1 Å². The number of hydrogen-bond acceptors (Lipinski definition) is 6. The maximum atomic E-state index is 14.5. The number of rotatable bonds is 6. The van der Waals surface area contributed by atoms with Gasteiger partial charge in [-0.3, -0.25) is 9.36 Å². The van der Waals surface area contributed by atoms with Gasteiger partial charge in [-0.15, -0.1) is 0 Å². The molecule has 1 aliphatic rings. The fourth-order valence-corrected chi connectivity index (χ4v) is 4.27. The van der Waals surface area contributed by atoms with Crippen molar-refractivity contribution in [3.8, 4) is 34.2 Å². The van der Waals surface area contributed by atoms with Crippen LogP contribution >= 0.6 is 0 Å². The summed E-state index contributed by atoms with van der Waals surface area (Å²) in [7, 11) is 3.26. The third kappa shape index (κ3) is 4.95. The van der Waals surface area contributed by atoms with Crippen molar-refractivity contribution in [2.75, 3.05) is 32.1 Å². The zero-order chi connectivity index (χ0) is 24.1. The summed E-state index contributed by atoms with van der Waals surface area (Å²) < 4.78 is 21.2. The largest absolute Gasteiger partial charge is 0.497 e. The lowest BCUT2D eigenvalue weighted by Gasteiger charge is -2.19. The van der Waals surface area contributed by atoms with Gasteiger partial charge in [0.2, 0.25) is 5.95 Å². The number of hydrogen-bond donors (Lipinski definition) is 2. The highest BCUT2D eigenvalue weighted by Crippen LogP contribution is 2.31. The summed E-state index contributed by atoms with van der Waals surface area (Å²) >= 11 is 0. The second-order valence-electron chi connectivity index (χ2n) is 8.49. The van der Waals surface area contributed by atoms with Crippen molar-refractivity contribution in [3.05, 3.63) is 64.2 Å². The molecule has 8 heteroatoms. The molecule has 0 spiro atoms. The van der Waals surface area contributed by atoms with E-state index in [0.717, 1.165) is 32.4 Å². The van der Waals surface area contributed by atoms with Gasteiger partial charge >= 0.3 is 0 Å². The van der Waals surface area contributed by atoms with E-state index < -0.39 is 5.82 Å². The number of anilines is 1. The van der Waals surface area contributed by atoms with Gasteiger partial charge in [-0.1, -0.05) is 18.2 Å². The predicted octanol–water partition coefficient (Wildman–Crippen LogP) is 3.94. The van der Waals surface area contributed by atoms with E-state index in [2.05, 4.69) is 10.6 Å². The van der Waals surface area contributed by atoms with Gasteiger partial charge < -0.3 is 15.4 Å². The summed E-state index contributed by atoms with van der Waals surface area (Å²) in [5.74, 6) is 0.919. The van der Waals surface area contributed by atoms with Crippen LogP contribution in [0.5, 0.6) is 5.75 Å². The Kier molecular flexibility index (Phi) is 7.24. The van der Waals surface area contributed by atoms with Crippen LogP contribution in [0.15, 0.2) is 47.3 Å². The molecule has 0 bridgehead atoms. The summed E-state index contributed by atoms with van der Waals surface area (Å²) in [6.07, 6.45) is 3.27. The maximum Gasteiger partial charge on any atom is 0.263 e. The molecule has 0 radical (unpaired) electrons. The average Bonchev–Trinajstić information content (AvgIpc) is 3.14. The first-order valence-corrected chi connectivity index (χ1v) is 11.4. The SMILES string of the molecule is COc1ccc(-c2c(-c3ccc(C#N)c(F)c3)nc(NCC3CCCNCC3)n(C)c2=O)cc1. The Bertz CT molecular complexity index is 1260. The Balaban J connectivity index is 1.80. The van der Waals surface area contributed by atoms with Crippen LogP contribution in [0.4, 0.5) is 10.3 Å².